The van der Waals surface area contributed by atoms with Crippen LogP contribution >= 0.6 is 15.9 Å². The second kappa shape index (κ2) is 6.68. The molecule has 0 bridgehead atoms. The molecule has 0 saturated heterocycles. The average molecular weight is 334 g/mol. The first-order chi connectivity index (χ1) is 8.34. The van der Waals surface area contributed by atoms with Crippen molar-refractivity contribution in [2.75, 3.05) is 13.1 Å². The summed E-state index contributed by atoms with van der Waals surface area (Å²) in [6.07, 6.45) is 0. The zero-order valence-electron chi connectivity index (χ0n) is 11.0. The third-order valence-electron chi connectivity index (χ3n) is 2.66. The summed E-state index contributed by atoms with van der Waals surface area (Å²) in [5, 5.41) is 2.76. The van der Waals surface area contributed by atoms with E-state index in [-0.39, 0.29) is 0 Å². The summed E-state index contributed by atoms with van der Waals surface area (Å²) in [5.41, 5.74) is 0. The highest BCUT2D eigenvalue weighted by molar-refractivity contribution is 9.10. The molecule has 0 aliphatic carbocycles. The average Bonchev–Trinajstić information content (AvgIpc) is 2.28. The fourth-order valence-electron chi connectivity index (χ4n) is 1.54. The normalized spacial score (nSPS) is 13.8. The third-order valence-corrected chi connectivity index (χ3v) is 5.34. The molecular weight excluding hydrogens is 314 g/mol. The van der Waals surface area contributed by atoms with Crippen LogP contribution in [0.15, 0.2) is 33.6 Å². The number of hydrogen-bond acceptors (Lipinski definition) is 3. The van der Waals surface area contributed by atoms with Crippen LogP contribution < -0.4 is 5.32 Å². The molecular formula is C13H20BrNO2S. The lowest BCUT2D eigenvalue weighted by Gasteiger charge is -2.15. The minimum Gasteiger partial charge on any atom is -0.315 e. The molecule has 0 aromatic heterocycles. The van der Waals surface area contributed by atoms with Gasteiger partial charge in [-0.3, -0.25) is 0 Å². The summed E-state index contributed by atoms with van der Waals surface area (Å²) in [4.78, 5) is 0.379. The standard InChI is InChI=1S/C13H20BrNO2S/c1-10(2)8-15-9-11(3)18(16,17)13-6-4-12(14)5-7-13/h4-7,10-11,15H,8-9H2,1-3H3. The summed E-state index contributed by atoms with van der Waals surface area (Å²) in [7, 11) is -3.24. The maximum atomic E-state index is 12.3. The van der Waals surface area contributed by atoms with Crippen LogP contribution in [-0.2, 0) is 9.84 Å². The van der Waals surface area contributed by atoms with E-state index >= 15 is 0 Å². The lowest BCUT2D eigenvalue weighted by Crippen LogP contribution is -2.33. The van der Waals surface area contributed by atoms with Gasteiger partial charge in [0.2, 0.25) is 0 Å². The summed E-state index contributed by atoms with van der Waals surface area (Å²) in [6, 6.07) is 6.78. The largest absolute Gasteiger partial charge is 0.315 e. The van der Waals surface area contributed by atoms with Crippen molar-refractivity contribution in [3.05, 3.63) is 28.7 Å². The molecule has 1 unspecified atom stereocenters. The molecule has 0 heterocycles. The molecule has 1 aromatic rings. The fourth-order valence-corrected chi connectivity index (χ4v) is 3.12. The van der Waals surface area contributed by atoms with E-state index in [2.05, 4.69) is 35.1 Å². The van der Waals surface area contributed by atoms with E-state index < -0.39 is 15.1 Å². The zero-order valence-corrected chi connectivity index (χ0v) is 13.4. The van der Waals surface area contributed by atoms with Gasteiger partial charge in [0.15, 0.2) is 9.84 Å². The second-order valence-corrected chi connectivity index (χ2v) is 8.14. The topological polar surface area (TPSA) is 46.2 Å². The number of nitrogens with one attached hydrogen (secondary N) is 1. The molecule has 0 saturated carbocycles. The van der Waals surface area contributed by atoms with Crippen molar-refractivity contribution >= 4 is 25.8 Å². The molecule has 0 aliphatic heterocycles. The highest BCUT2D eigenvalue weighted by Crippen LogP contribution is 2.18. The first-order valence-corrected chi connectivity index (χ1v) is 8.38. The van der Waals surface area contributed by atoms with Crippen LogP contribution in [0.2, 0.25) is 0 Å². The Kier molecular flexibility index (Phi) is 5.82. The van der Waals surface area contributed by atoms with Crippen molar-refractivity contribution in [3.8, 4) is 0 Å². The molecule has 0 radical (unpaired) electrons. The van der Waals surface area contributed by atoms with Crippen molar-refractivity contribution < 1.29 is 8.42 Å². The number of halogens is 1. The van der Waals surface area contributed by atoms with Crippen molar-refractivity contribution in [2.24, 2.45) is 5.92 Å². The Morgan fingerprint density at radius 3 is 2.17 bits per heavy atom. The molecule has 102 valence electrons. The molecule has 1 atom stereocenters. The van der Waals surface area contributed by atoms with E-state index in [4.69, 9.17) is 0 Å². The quantitative estimate of drug-likeness (QED) is 0.870. The molecule has 0 spiro atoms. The van der Waals surface area contributed by atoms with E-state index in [1.807, 2.05) is 0 Å². The zero-order chi connectivity index (χ0) is 13.8. The van der Waals surface area contributed by atoms with Crippen LogP contribution in [0.3, 0.4) is 0 Å². The fraction of sp³-hybridized carbons (Fsp3) is 0.538. The smallest absolute Gasteiger partial charge is 0.182 e. The third kappa shape index (κ3) is 4.37. The highest BCUT2D eigenvalue weighted by Gasteiger charge is 2.22. The van der Waals surface area contributed by atoms with Crippen molar-refractivity contribution in [3.63, 3.8) is 0 Å². The summed E-state index contributed by atoms with van der Waals surface area (Å²) >= 11 is 3.30. The van der Waals surface area contributed by atoms with Gasteiger partial charge in [-0.2, -0.15) is 0 Å². The summed E-state index contributed by atoms with van der Waals surface area (Å²) in [5.74, 6) is 0.521. The van der Waals surface area contributed by atoms with E-state index in [0.29, 0.717) is 17.4 Å². The number of sulfone groups is 1. The van der Waals surface area contributed by atoms with Gasteiger partial charge < -0.3 is 5.32 Å². The van der Waals surface area contributed by atoms with E-state index in [1.165, 1.54) is 0 Å². The minimum atomic E-state index is -3.24. The number of rotatable bonds is 6. The van der Waals surface area contributed by atoms with E-state index in [0.717, 1.165) is 11.0 Å². The van der Waals surface area contributed by atoms with Gasteiger partial charge in [0.25, 0.3) is 0 Å². The Bertz CT molecular complexity index is 468. The first kappa shape index (κ1) is 15.7. The van der Waals surface area contributed by atoms with Crippen molar-refractivity contribution in [1.29, 1.82) is 0 Å². The Balaban J connectivity index is 2.71. The van der Waals surface area contributed by atoms with Gasteiger partial charge in [-0.15, -0.1) is 0 Å². The first-order valence-electron chi connectivity index (χ1n) is 6.04. The number of benzene rings is 1. The predicted molar refractivity (Wildman–Crippen MR) is 78.5 cm³/mol. The van der Waals surface area contributed by atoms with Gasteiger partial charge in [-0.05, 0) is 43.7 Å². The lowest BCUT2D eigenvalue weighted by molar-refractivity contribution is 0.535. The van der Waals surface area contributed by atoms with Gasteiger partial charge >= 0.3 is 0 Å². The monoisotopic (exact) mass is 333 g/mol. The molecule has 0 aliphatic rings. The van der Waals surface area contributed by atoms with Gasteiger partial charge in [-0.1, -0.05) is 29.8 Å². The Hall–Kier alpha value is -0.390. The van der Waals surface area contributed by atoms with Crippen molar-refractivity contribution in [2.45, 2.75) is 30.9 Å². The van der Waals surface area contributed by atoms with E-state index in [1.54, 1.807) is 31.2 Å². The molecule has 3 nitrogen and oxygen atoms in total. The van der Waals surface area contributed by atoms with Gasteiger partial charge in [0.05, 0.1) is 10.1 Å². The van der Waals surface area contributed by atoms with Gasteiger partial charge in [0, 0.05) is 11.0 Å². The lowest BCUT2D eigenvalue weighted by atomic mass is 10.2. The van der Waals surface area contributed by atoms with Crippen LogP contribution in [-0.4, -0.2) is 26.8 Å². The van der Waals surface area contributed by atoms with E-state index in [9.17, 15) is 8.42 Å². The maximum absolute atomic E-state index is 12.3. The second-order valence-electron chi connectivity index (χ2n) is 4.86. The Morgan fingerprint density at radius 2 is 1.67 bits per heavy atom. The minimum absolute atomic E-state index is 0.379. The molecule has 5 heteroatoms. The summed E-state index contributed by atoms with van der Waals surface area (Å²) < 4.78 is 25.4. The Labute approximate surface area is 118 Å². The van der Waals surface area contributed by atoms with Crippen LogP contribution in [0.25, 0.3) is 0 Å². The Morgan fingerprint density at radius 1 is 1.11 bits per heavy atom. The predicted octanol–water partition coefficient (Wildman–Crippen LogP) is 2.86. The molecule has 1 aromatic carbocycles. The highest BCUT2D eigenvalue weighted by atomic mass is 79.9. The van der Waals surface area contributed by atoms with Crippen LogP contribution in [0.5, 0.6) is 0 Å². The molecule has 1 N–H and O–H groups in total. The number of hydrogen-bond donors (Lipinski definition) is 1. The van der Waals surface area contributed by atoms with Crippen LogP contribution in [0.1, 0.15) is 20.8 Å². The van der Waals surface area contributed by atoms with Crippen LogP contribution in [0.4, 0.5) is 0 Å². The molecule has 0 fully saturated rings. The summed E-state index contributed by atoms with van der Waals surface area (Å²) in [6.45, 7) is 7.25. The van der Waals surface area contributed by atoms with Gasteiger partial charge in [0.1, 0.15) is 0 Å². The molecule has 18 heavy (non-hydrogen) atoms. The molecule has 1 rings (SSSR count). The van der Waals surface area contributed by atoms with Crippen LogP contribution in [0, 0.1) is 5.92 Å². The SMILES string of the molecule is CC(C)CNCC(C)S(=O)(=O)c1ccc(Br)cc1. The van der Waals surface area contributed by atoms with Crippen molar-refractivity contribution in [1.82, 2.24) is 5.32 Å². The van der Waals surface area contributed by atoms with Gasteiger partial charge in [-0.25, -0.2) is 8.42 Å². The molecule has 0 amide bonds. The maximum Gasteiger partial charge on any atom is 0.182 e.